The van der Waals surface area contributed by atoms with Gasteiger partial charge in [0, 0.05) is 5.92 Å². The molecule has 0 unspecified atom stereocenters. The molecule has 70 valence electrons. The van der Waals surface area contributed by atoms with Crippen LogP contribution in [-0.2, 0) is 4.79 Å². The number of hydrogen-bond donors (Lipinski definition) is 0. The molecule has 0 spiro atoms. The number of hydrogen-bond acceptors (Lipinski definition) is 1. The molecule has 12 heavy (non-hydrogen) atoms. The van der Waals surface area contributed by atoms with Gasteiger partial charge in [-0.2, -0.15) is 0 Å². The predicted octanol–water partition coefficient (Wildman–Crippen LogP) is 3.20. The molecule has 0 saturated carbocycles. The van der Waals surface area contributed by atoms with Crippen LogP contribution >= 0.6 is 0 Å². The third-order valence-corrected chi connectivity index (χ3v) is 2.41. The van der Waals surface area contributed by atoms with Crippen molar-refractivity contribution in [2.45, 2.75) is 40.5 Å². The molecular weight excluding hydrogens is 148 g/mol. The van der Waals surface area contributed by atoms with Crippen molar-refractivity contribution in [1.82, 2.24) is 0 Å². The van der Waals surface area contributed by atoms with Crippen LogP contribution in [0, 0.1) is 11.8 Å². The van der Waals surface area contributed by atoms with Crippen molar-refractivity contribution < 1.29 is 4.79 Å². The highest BCUT2D eigenvalue weighted by atomic mass is 16.1. The fraction of sp³-hybridized carbons (Fsp3) is 0.727. The van der Waals surface area contributed by atoms with Gasteiger partial charge in [0.15, 0.2) is 0 Å². The molecule has 0 aromatic rings. The summed E-state index contributed by atoms with van der Waals surface area (Å²) in [6.07, 6.45) is 1.94. The van der Waals surface area contributed by atoms with Crippen LogP contribution < -0.4 is 0 Å². The maximum Gasteiger partial charge on any atom is 0.132 e. The SMILES string of the molecule is C=C(CC[C@H](C)C(C)=O)C(C)C. The largest absolute Gasteiger partial charge is 0.300 e. The van der Waals surface area contributed by atoms with E-state index in [4.69, 9.17) is 0 Å². The Morgan fingerprint density at radius 3 is 2.17 bits per heavy atom. The Balaban J connectivity index is 3.69. The summed E-state index contributed by atoms with van der Waals surface area (Å²) in [4.78, 5) is 10.9. The average Bonchev–Trinajstić information content (AvgIpc) is 1.98. The molecule has 1 atom stereocenters. The molecule has 0 bridgehead atoms. The fourth-order valence-corrected chi connectivity index (χ4v) is 0.894. The molecule has 1 heteroatoms. The predicted molar refractivity (Wildman–Crippen MR) is 53.1 cm³/mol. The Morgan fingerprint density at radius 2 is 1.83 bits per heavy atom. The van der Waals surface area contributed by atoms with E-state index in [1.54, 1.807) is 6.92 Å². The van der Waals surface area contributed by atoms with Gasteiger partial charge >= 0.3 is 0 Å². The summed E-state index contributed by atoms with van der Waals surface area (Å²) in [5, 5.41) is 0. The fourth-order valence-electron chi connectivity index (χ4n) is 0.894. The molecule has 0 radical (unpaired) electrons. The van der Waals surface area contributed by atoms with Crippen molar-refractivity contribution >= 4 is 5.78 Å². The Morgan fingerprint density at radius 1 is 1.33 bits per heavy atom. The van der Waals surface area contributed by atoms with Gasteiger partial charge in [0.1, 0.15) is 5.78 Å². The molecule has 0 aliphatic carbocycles. The van der Waals surface area contributed by atoms with Crippen LogP contribution in [0.25, 0.3) is 0 Å². The Kier molecular flexibility index (Phi) is 4.87. The number of rotatable bonds is 5. The number of carbonyl (C=O) groups is 1. The standard InChI is InChI=1S/C11H20O/c1-8(2)9(3)6-7-10(4)11(5)12/h8,10H,3,6-7H2,1-2,4-5H3/t10-/m0/s1. The van der Waals surface area contributed by atoms with Crippen LogP contribution in [0.1, 0.15) is 40.5 Å². The lowest BCUT2D eigenvalue weighted by molar-refractivity contribution is -0.120. The van der Waals surface area contributed by atoms with Gasteiger partial charge in [-0.15, -0.1) is 0 Å². The number of carbonyl (C=O) groups excluding carboxylic acids is 1. The van der Waals surface area contributed by atoms with E-state index in [1.807, 2.05) is 6.92 Å². The minimum absolute atomic E-state index is 0.195. The number of Topliss-reactive ketones (excluding diaryl/α,β-unsaturated/α-hetero) is 1. The minimum Gasteiger partial charge on any atom is -0.300 e. The Hall–Kier alpha value is -0.590. The molecule has 0 aliphatic heterocycles. The Bertz CT molecular complexity index is 168. The van der Waals surface area contributed by atoms with E-state index in [0.717, 1.165) is 12.8 Å². The van der Waals surface area contributed by atoms with E-state index in [2.05, 4.69) is 20.4 Å². The third kappa shape index (κ3) is 4.32. The van der Waals surface area contributed by atoms with Gasteiger partial charge in [0.05, 0.1) is 0 Å². The topological polar surface area (TPSA) is 17.1 Å². The first-order valence-electron chi connectivity index (χ1n) is 4.63. The van der Waals surface area contributed by atoms with Gasteiger partial charge in [-0.25, -0.2) is 0 Å². The number of ketones is 1. The highest BCUT2D eigenvalue weighted by molar-refractivity contribution is 5.77. The quantitative estimate of drug-likeness (QED) is 0.576. The van der Waals surface area contributed by atoms with E-state index in [1.165, 1.54) is 5.57 Å². The van der Waals surface area contributed by atoms with Gasteiger partial charge in [-0.05, 0) is 25.7 Å². The molecule has 0 aromatic heterocycles. The lowest BCUT2D eigenvalue weighted by Crippen LogP contribution is -2.07. The van der Waals surface area contributed by atoms with Crippen LogP contribution in [0.4, 0.5) is 0 Å². The normalized spacial score (nSPS) is 13.1. The molecule has 0 heterocycles. The van der Waals surface area contributed by atoms with Crippen molar-refractivity contribution in [3.8, 4) is 0 Å². The molecule has 0 aromatic carbocycles. The third-order valence-electron chi connectivity index (χ3n) is 2.41. The van der Waals surface area contributed by atoms with Crippen molar-refractivity contribution in [2.24, 2.45) is 11.8 Å². The zero-order valence-electron chi connectivity index (χ0n) is 8.68. The van der Waals surface area contributed by atoms with Crippen molar-refractivity contribution in [2.75, 3.05) is 0 Å². The second kappa shape index (κ2) is 5.13. The van der Waals surface area contributed by atoms with Crippen molar-refractivity contribution in [1.29, 1.82) is 0 Å². The smallest absolute Gasteiger partial charge is 0.132 e. The van der Waals surface area contributed by atoms with Gasteiger partial charge < -0.3 is 0 Å². The lowest BCUT2D eigenvalue weighted by Gasteiger charge is -2.11. The highest BCUT2D eigenvalue weighted by Crippen LogP contribution is 2.17. The van der Waals surface area contributed by atoms with Crippen molar-refractivity contribution in [3.05, 3.63) is 12.2 Å². The second-order valence-electron chi connectivity index (χ2n) is 3.86. The maximum atomic E-state index is 10.9. The molecule has 0 aliphatic rings. The van der Waals surface area contributed by atoms with Gasteiger partial charge in [-0.1, -0.05) is 32.9 Å². The van der Waals surface area contributed by atoms with E-state index in [-0.39, 0.29) is 11.7 Å². The molecule has 0 rings (SSSR count). The first-order chi connectivity index (χ1) is 5.45. The first kappa shape index (κ1) is 11.4. The molecule has 1 nitrogen and oxygen atoms in total. The zero-order chi connectivity index (χ0) is 9.72. The number of allylic oxidation sites excluding steroid dienone is 1. The van der Waals surface area contributed by atoms with Gasteiger partial charge in [0.2, 0.25) is 0 Å². The summed E-state index contributed by atoms with van der Waals surface area (Å²) in [5.41, 5.74) is 1.25. The van der Waals surface area contributed by atoms with Gasteiger partial charge in [0.25, 0.3) is 0 Å². The molecular formula is C11H20O. The summed E-state index contributed by atoms with van der Waals surface area (Å²) in [6.45, 7) is 11.9. The monoisotopic (exact) mass is 168 g/mol. The molecule has 0 amide bonds. The Labute approximate surface area is 75.9 Å². The summed E-state index contributed by atoms with van der Waals surface area (Å²) in [5.74, 6) is 1.02. The summed E-state index contributed by atoms with van der Waals surface area (Å²) >= 11 is 0. The van der Waals surface area contributed by atoms with E-state index in [0.29, 0.717) is 5.92 Å². The molecule has 0 N–H and O–H groups in total. The minimum atomic E-state index is 0.195. The van der Waals surface area contributed by atoms with Crippen LogP contribution in [0.3, 0.4) is 0 Å². The van der Waals surface area contributed by atoms with Crippen LogP contribution in [-0.4, -0.2) is 5.78 Å². The van der Waals surface area contributed by atoms with E-state index >= 15 is 0 Å². The zero-order valence-corrected chi connectivity index (χ0v) is 8.68. The van der Waals surface area contributed by atoms with E-state index < -0.39 is 0 Å². The maximum absolute atomic E-state index is 10.9. The first-order valence-corrected chi connectivity index (χ1v) is 4.63. The van der Waals surface area contributed by atoms with Crippen LogP contribution in [0.5, 0.6) is 0 Å². The van der Waals surface area contributed by atoms with Crippen LogP contribution in [0.2, 0.25) is 0 Å². The average molecular weight is 168 g/mol. The van der Waals surface area contributed by atoms with Crippen molar-refractivity contribution in [3.63, 3.8) is 0 Å². The second-order valence-corrected chi connectivity index (χ2v) is 3.86. The summed E-state index contributed by atoms with van der Waals surface area (Å²) in [7, 11) is 0. The molecule has 0 fully saturated rings. The van der Waals surface area contributed by atoms with E-state index in [9.17, 15) is 4.79 Å². The summed E-state index contributed by atoms with van der Waals surface area (Å²) in [6, 6.07) is 0. The van der Waals surface area contributed by atoms with Gasteiger partial charge in [-0.3, -0.25) is 4.79 Å². The molecule has 0 saturated heterocycles. The summed E-state index contributed by atoms with van der Waals surface area (Å²) < 4.78 is 0. The lowest BCUT2D eigenvalue weighted by atomic mass is 9.94. The van der Waals surface area contributed by atoms with Crippen LogP contribution in [0.15, 0.2) is 12.2 Å². The highest BCUT2D eigenvalue weighted by Gasteiger charge is 2.08.